The van der Waals surface area contributed by atoms with Crippen LogP contribution < -0.4 is 15.0 Å². The molecule has 0 saturated carbocycles. The minimum Gasteiger partial charge on any atom is -0.487 e. The Morgan fingerprint density at radius 3 is 2.30 bits per heavy atom. The van der Waals surface area contributed by atoms with Gasteiger partial charge in [0.2, 0.25) is 0 Å². The molecule has 3 heterocycles. The molecule has 5 rings (SSSR count). The van der Waals surface area contributed by atoms with E-state index >= 15 is 0 Å². The number of carbonyl (C=O) groups is 1. The second-order valence-electron chi connectivity index (χ2n) is 10.3. The van der Waals surface area contributed by atoms with Crippen molar-refractivity contribution in [3.63, 3.8) is 0 Å². The monoisotopic (exact) mass is 556 g/mol. The molecular weight excluding hydrogens is 524 g/mol. The molecule has 2 aliphatic rings. The van der Waals surface area contributed by atoms with Gasteiger partial charge in [0.15, 0.2) is 11.6 Å². The van der Waals surface area contributed by atoms with Crippen molar-refractivity contribution in [3.8, 4) is 5.75 Å². The first kappa shape index (κ1) is 27.9. The van der Waals surface area contributed by atoms with Crippen LogP contribution in [0.3, 0.4) is 0 Å². The lowest BCUT2D eigenvalue weighted by Crippen LogP contribution is -2.44. The number of piperidine rings is 2. The van der Waals surface area contributed by atoms with E-state index in [1.807, 2.05) is 23.1 Å². The van der Waals surface area contributed by atoms with Crippen LogP contribution in [0.2, 0.25) is 0 Å². The number of benzene rings is 2. The van der Waals surface area contributed by atoms with E-state index in [-0.39, 0.29) is 29.4 Å². The number of hydrogen-bond acceptors (Lipinski definition) is 5. The Hall–Kier alpha value is -3.66. The van der Waals surface area contributed by atoms with Crippen molar-refractivity contribution in [2.45, 2.75) is 50.6 Å². The summed E-state index contributed by atoms with van der Waals surface area (Å²) >= 11 is 0. The number of anilines is 1. The maximum absolute atomic E-state index is 14.9. The summed E-state index contributed by atoms with van der Waals surface area (Å²) in [6.45, 7) is 3.64. The van der Waals surface area contributed by atoms with Gasteiger partial charge in [-0.1, -0.05) is 6.07 Å². The van der Waals surface area contributed by atoms with Crippen molar-refractivity contribution in [1.29, 1.82) is 0 Å². The SMILES string of the molecule is O=C(NC1CCN(Cc2ccccn2)CC1)c1ccc(OC2CCN(c3ccc(C(F)(F)F)cc3)CC2)c(F)c1. The first-order chi connectivity index (χ1) is 19.2. The van der Waals surface area contributed by atoms with E-state index in [4.69, 9.17) is 4.74 Å². The van der Waals surface area contributed by atoms with E-state index in [1.165, 1.54) is 24.3 Å². The van der Waals surface area contributed by atoms with Crippen LogP contribution in [-0.2, 0) is 12.7 Å². The van der Waals surface area contributed by atoms with Gasteiger partial charge < -0.3 is 15.0 Å². The molecule has 0 unspecified atom stereocenters. The first-order valence-corrected chi connectivity index (χ1v) is 13.6. The van der Waals surface area contributed by atoms with E-state index in [0.717, 1.165) is 50.3 Å². The van der Waals surface area contributed by atoms with Crippen LogP contribution in [0, 0.1) is 5.82 Å². The number of nitrogens with one attached hydrogen (secondary N) is 1. The number of alkyl halides is 3. The third-order valence-corrected chi connectivity index (χ3v) is 7.52. The quantitative estimate of drug-likeness (QED) is 0.380. The summed E-state index contributed by atoms with van der Waals surface area (Å²) in [6, 6.07) is 15.3. The summed E-state index contributed by atoms with van der Waals surface area (Å²) in [6.07, 6.45) is 0.0201. The zero-order valence-corrected chi connectivity index (χ0v) is 22.0. The van der Waals surface area contributed by atoms with Gasteiger partial charge in [0, 0.05) is 69.1 Å². The van der Waals surface area contributed by atoms with Crippen molar-refractivity contribution in [1.82, 2.24) is 15.2 Å². The van der Waals surface area contributed by atoms with E-state index in [9.17, 15) is 22.4 Å². The summed E-state index contributed by atoms with van der Waals surface area (Å²) in [5, 5.41) is 3.02. The summed E-state index contributed by atoms with van der Waals surface area (Å²) in [5.41, 5.74) is 1.31. The number of ether oxygens (including phenoxy) is 1. The molecule has 2 aromatic carbocycles. The Balaban J connectivity index is 1.07. The molecule has 212 valence electrons. The number of nitrogens with zero attached hydrogens (tertiary/aromatic N) is 3. The van der Waals surface area contributed by atoms with Gasteiger partial charge in [0.1, 0.15) is 6.10 Å². The van der Waals surface area contributed by atoms with Crippen molar-refractivity contribution in [2.24, 2.45) is 0 Å². The second kappa shape index (κ2) is 12.2. The molecule has 1 aromatic heterocycles. The minimum atomic E-state index is -4.36. The van der Waals surface area contributed by atoms with Crippen molar-refractivity contribution in [3.05, 3.63) is 89.5 Å². The molecule has 2 fully saturated rings. The zero-order valence-electron chi connectivity index (χ0n) is 22.0. The largest absolute Gasteiger partial charge is 0.487 e. The summed E-state index contributed by atoms with van der Waals surface area (Å²) in [7, 11) is 0. The Morgan fingerprint density at radius 1 is 0.950 bits per heavy atom. The third-order valence-electron chi connectivity index (χ3n) is 7.52. The number of aromatic nitrogens is 1. The third kappa shape index (κ3) is 7.10. The number of halogens is 4. The Labute approximate surface area is 231 Å². The van der Waals surface area contributed by atoms with E-state index in [0.29, 0.717) is 31.6 Å². The summed E-state index contributed by atoms with van der Waals surface area (Å²) < 4.78 is 59.2. The zero-order chi connectivity index (χ0) is 28.1. The van der Waals surface area contributed by atoms with Crippen LogP contribution >= 0.6 is 0 Å². The molecular formula is C30H32F4N4O2. The van der Waals surface area contributed by atoms with Gasteiger partial charge in [-0.15, -0.1) is 0 Å². The molecule has 10 heteroatoms. The Kier molecular flexibility index (Phi) is 8.54. The summed E-state index contributed by atoms with van der Waals surface area (Å²) in [4.78, 5) is 21.4. The molecule has 6 nitrogen and oxygen atoms in total. The molecule has 40 heavy (non-hydrogen) atoms. The van der Waals surface area contributed by atoms with E-state index in [1.54, 1.807) is 12.3 Å². The van der Waals surface area contributed by atoms with Crippen LogP contribution in [0.5, 0.6) is 5.75 Å². The molecule has 3 aromatic rings. The number of rotatable bonds is 7. The Morgan fingerprint density at radius 2 is 1.68 bits per heavy atom. The van der Waals surface area contributed by atoms with Crippen LogP contribution in [-0.4, -0.2) is 54.1 Å². The number of amides is 1. The maximum Gasteiger partial charge on any atom is 0.416 e. The topological polar surface area (TPSA) is 57.7 Å². The van der Waals surface area contributed by atoms with E-state index < -0.39 is 17.6 Å². The number of hydrogen-bond donors (Lipinski definition) is 1. The smallest absolute Gasteiger partial charge is 0.416 e. The molecule has 1 amide bonds. The molecule has 1 N–H and O–H groups in total. The first-order valence-electron chi connectivity index (χ1n) is 13.6. The summed E-state index contributed by atoms with van der Waals surface area (Å²) in [5.74, 6) is -0.811. The highest BCUT2D eigenvalue weighted by Gasteiger charge is 2.30. The molecule has 0 radical (unpaired) electrons. The molecule has 2 saturated heterocycles. The molecule has 2 aliphatic heterocycles. The fraction of sp³-hybridized carbons (Fsp3) is 0.400. The molecule has 0 aliphatic carbocycles. The van der Waals surface area contributed by atoms with Gasteiger partial charge in [0.05, 0.1) is 11.3 Å². The van der Waals surface area contributed by atoms with Crippen molar-refractivity contribution in [2.75, 3.05) is 31.1 Å². The highest BCUT2D eigenvalue weighted by atomic mass is 19.4. The maximum atomic E-state index is 14.9. The fourth-order valence-electron chi connectivity index (χ4n) is 5.24. The minimum absolute atomic E-state index is 0.0290. The van der Waals surface area contributed by atoms with Gasteiger partial charge in [-0.2, -0.15) is 13.2 Å². The normalized spacial score (nSPS) is 17.6. The fourth-order valence-corrected chi connectivity index (χ4v) is 5.24. The molecule has 0 atom stereocenters. The highest BCUT2D eigenvalue weighted by molar-refractivity contribution is 5.94. The van der Waals surface area contributed by atoms with Gasteiger partial charge >= 0.3 is 6.18 Å². The number of carbonyl (C=O) groups excluding carboxylic acids is 1. The second-order valence-corrected chi connectivity index (χ2v) is 10.3. The molecule has 0 bridgehead atoms. The molecule has 0 spiro atoms. The van der Waals surface area contributed by atoms with Gasteiger partial charge in [0.25, 0.3) is 5.91 Å². The van der Waals surface area contributed by atoms with E-state index in [2.05, 4.69) is 15.2 Å². The van der Waals surface area contributed by atoms with Crippen LogP contribution in [0.4, 0.5) is 23.2 Å². The lowest BCUT2D eigenvalue weighted by atomic mass is 10.0. The number of likely N-dealkylation sites (tertiary alicyclic amines) is 1. The van der Waals surface area contributed by atoms with Gasteiger partial charge in [-0.3, -0.25) is 14.7 Å². The van der Waals surface area contributed by atoms with Crippen LogP contribution in [0.15, 0.2) is 66.9 Å². The lowest BCUT2D eigenvalue weighted by molar-refractivity contribution is -0.137. The van der Waals surface area contributed by atoms with Crippen LogP contribution in [0.1, 0.15) is 47.3 Å². The van der Waals surface area contributed by atoms with Gasteiger partial charge in [-0.25, -0.2) is 4.39 Å². The average molecular weight is 557 g/mol. The predicted octanol–water partition coefficient (Wildman–Crippen LogP) is 5.68. The number of pyridine rings is 1. The van der Waals surface area contributed by atoms with Crippen molar-refractivity contribution >= 4 is 11.6 Å². The standard InChI is InChI=1S/C30H32F4N4O2/c31-27-19-21(29(39)36-23-10-15-37(16-11-23)20-24-3-1-2-14-35-24)4-9-28(27)40-26-12-17-38(18-13-26)25-7-5-22(6-8-25)30(32,33)34/h1-9,14,19,23,26H,10-13,15-18,20H2,(H,36,39). The predicted molar refractivity (Wildman–Crippen MR) is 144 cm³/mol. The van der Waals surface area contributed by atoms with Crippen molar-refractivity contribution < 1.29 is 27.1 Å². The van der Waals surface area contributed by atoms with Crippen LogP contribution in [0.25, 0.3) is 0 Å². The lowest BCUT2D eigenvalue weighted by Gasteiger charge is -2.34. The average Bonchev–Trinajstić information content (AvgIpc) is 2.96. The Bertz CT molecular complexity index is 1270. The van der Waals surface area contributed by atoms with Gasteiger partial charge in [-0.05, 0) is 67.4 Å². The highest BCUT2D eigenvalue weighted by Crippen LogP contribution is 2.31.